The molecule has 0 amide bonds. The average molecular weight is 153 g/mol. The predicted octanol–water partition coefficient (Wildman–Crippen LogP) is 0.411. The average Bonchev–Trinajstić information content (AvgIpc) is 2.03. The molecule has 60 valence electrons. The van der Waals surface area contributed by atoms with Crippen molar-refractivity contribution in [3.8, 4) is 5.75 Å². The molecule has 1 aromatic heterocycles. The van der Waals surface area contributed by atoms with E-state index in [4.69, 9.17) is 10.8 Å². The van der Waals surface area contributed by atoms with Crippen molar-refractivity contribution in [2.45, 2.75) is 12.8 Å². The van der Waals surface area contributed by atoms with Crippen LogP contribution in [0.4, 0.5) is 0 Å². The summed E-state index contributed by atoms with van der Waals surface area (Å²) in [5.41, 5.74) is 6.18. The third kappa shape index (κ3) is 2.20. The van der Waals surface area contributed by atoms with Gasteiger partial charge in [-0.1, -0.05) is 0 Å². The zero-order valence-corrected chi connectivity index (χ0v) is 6.38. The number of aromatic nitrogens is 1. The molecule has 0 aliphatic rings. The van der Waals surface area contributed by atoms with Crippen molar-refractivity contribution in [3.63, 3.8) is 0 Å². The molecule has 0 atom stereocenters. The van der Waals surface area contributed by atoms with Crippen molar-refractivity contribution in [3.05, 3.63) is 24.0 Å². The van der Waals surface area contributed by atoms with Gasteiger partial charge >= 0.3 is 0 Å². The van der Waals surface area contributed by atoms with Gasteiger partial charge in [0.1, 0.15) is 5.69 Å². The second-order valence-corrected chi connectivity index (χ2v) is 2.39. The first-order valence-corrected chi connectivity index (χ1v) is 3.70. The Balaban J connectivity index is 2.62. The first kappa shape index (κ1) is 8.01. The van der Waals surface area contributed by atoms with Crippen molar-refractivity contribution < 1.29 is 5.11 Å². The summed E-state index contributed by atoms with van der Waals surface area (Å²) in [5.74, 6) is 0.515. The number of hydrogen-bond acceptors (Lipinski definition) is 2. The molecule has 11 heavy (non-hydrogen) atoms. The van der Waals surface area contributed by atoms with E-state index in [1.807, 2.05) is 0 Å². The van der Waals surface area contributed by atoms with Crippen molar-refractivity contribution in [2.24, 2.45) is 5.73 Å². The van der Waals surface area contributed by atoms with Crippen LogP contribution in [0.3, 0.4) is 0 Å². The van der Waals surface area contributed by atoms with Crippen LogP contribution in [-0.4, -0.2) is 16.6 Å². The Labute approximate surface area is 65.9 Å². The lowest BCUT2D eigenvalue weighted by molar-refractivity contribution is 0.463. The fourth-order valence-electron chi connectivity index (χ4n) is 0.907. The summed E-state index contributed by atoms with van der Waals surface area (Å²) >= 11 is 0. The van der Waals surface area contributed by atoms with Gasteiger partial charge in [-0.25, -0.2) is 0 Å². The van der Waals surface area contributed by atoms with Crippen LogP contribution in [0.1, 0.15) is 12.1 Å². The SMILES string of the molecule is NCCCc1ncccc1[OH2+]. The lowest BCUT2D eigenvalue weighted by Gasteiger charge is -1.97. The van der Waals surface area contributed by atoms with Crippen LogP contribution in [0.2, 0.25) is 0 Å². The summed E-state index contributed by atoms with van der Waals surface area (Å²) in [5, 5.41) is 7.45. The van der Waals surface area contributed by atoms with E-state index in [0.29, 0.717) is 12.3 Å². The molecule has 0 saturated heterocycles. The highest BCUT2D eigenvalue weighted by atomic mass is 16.3. The maximum absolute atomic E-state index is 7.45. The van der Waals surface area contributed by atoms with E-state index in [9.17, 15) is 0 Å². The predicted molar refractivity (Wildman–Crippen MR) is 44.7 cm³/mol. The Kier molecular flexibility index (Phi) is 2.86. The number of nitrogens with zero attached hydrogens (tertiary/aromatic N) is 1. The Hall–Kier alpha value is -1.09. The van der Waals surface area contributed by atoms with E-state index in [2.05, 4.69) is 4.98 Å². The van der Waals surface area contributed by atoms with Gasteiger partial charge in [-0.05, 0) is 19.0 Å². The molecule has 3 nitrogen and oxygen atoms in total. The van der Waals surface area contributed by atoms with Gasteiger partial charge in [0, 0.05) is 18.7 Å². The van der Waals surface area contributed by atoms with Gasteiger partial charge in [0.05, 0.1) is 0 Å². The fourth-order valence-corrected chi connectivity index (χ4v) is 0.907. The van der Waals surface area contributed by atoms with Gasteiger partial charge in [0.25, 0.3) is 5.75 Å². The standard InChI is InChI=1S/C8H12N2O/c9-5-1-3-7-8(11)4-2-6-10-7/h2,4,6,11H,1,3,5,9H2/p+1. The van der Waals surface area contributed by atoms with Gasteiger partial charge in [-0.3, -0.25) is 4.98 Å². The first-order chi connectivity index (χ1) is 5.34. The lowest BCUT2D eigenvalue weighted by atomic mass is 10.2. The first-order valence-electron chi connectivity index (χ1n) is 3.70. The summed E-state index contributed by atoms with van der Waals surface area (Å²) in [4.78, 5) is 4.07. The maximum Gasteiger partial charge on any atom is 0.275 e. The molecule has 0 aromatic carbocycles. The number of pyridine rings is 1. The van der Waals surface area contributed by atoms with Crippen LogP contribution in [0, 0.1) is 0 Å². The third-order valence-corrected chi connectivity index (χ3v) is 1.51. The molecule has 0 fully saturated rings. The highest BCUT2D eigenvalue weighted by Crippen LogP contribution is 2.13. The van der Waals surface area contributed by atoms with E-state index in [-0.39, 0.29) is 0 Å². The van der Waals surface area contributed by atoms with Crippen LogP contribution in [0.5, 0.6) is 5.75 Å². The number of rotatable bonds is 3. The molecular formula is C8H13N2O+. The molecule has 0 unspecified atom stereocenters. The van der Waals surface area contributed by atoms with Crippen molar-refractivity contribution in [1.82, 2.24) is 4.98 Å². The Morgan fingerprint density at radius 3 is 3.00 bits per heavy atom. The summed E-state index contributed by atoms with van der Waals surface area (Å²) < 4.78 is 0. The topological polar surface area (TPSA) is 61.8 Å². The zero-order chi connectivity index (χ0) is 8.10. The molecule has 3 heteroatoms. The van der Waals surface area contributed by atoms with E-state index in [1.54, 1.807) is 18.3 Å². The molecule has 0 aliphatic heterocycles. The second kappa shape index (κ2) is 3.93. The molecule has 0 bridgehead atoms. The smallest absolute Gasteiger partial charge is 0.275 e. The molecule has 1 rings (SSSR count). The minimum Gasteiger partial charge on any atom is -0.592 e. The maximum atomic E-state index is 7.45. The number of aryl methyl sites for hydroxylation is 1. The van der Waals surface area contributed by atoms with Crippen molar-refractivity contribution in [1.29, 1.82) is 0 Å². The van der Waals surface area contributed by atoms with Gasteiger partial charge in [0.2, 0.25) is 0 Å². The molecule has 0 radical (unpaired) electrons. The Bertz CT molecular complexity index is 225. The molecule has 4 N–H and O–H groups in total. The van der Waals surface area contributed by atoms with Gasteiger partial charge in [-0.15, -0.1) is 0 Å². The highest BCUT2D eigenvalue weighted by Gasteiger charge is 2.03. The van der Waals surface area contributed by atoms with Gasteiger partial charge in [-0.2, -0.15) is 0 Å². The van der Waals surface area contributed by atoms with Gasteiger partial charge in [0.15, 0.2) is 0 Å². The van der Waals surface area contributed by atoms with Crippen LogP contribution in [-0.2, 0) is 6.42 Å². The largest absolute Gasteiger partial charge is 0.592 e. The molecule has 0 saturated carbocycles. The molecule has 0 aliphatic carbocycles. The van der Waals surface area contributed by atoms with Crippen LogP contribution in [0.15, 0.2) is 18.3 Å². The lowest BCUT2D eigenvalue weighted by Crippen LogP contribution is -2.01. The zero-order valence-electron chi connectivity index (χ0n) is 6.38. The third-order valence-electron chi connectivity index (χ3n) is 1.51. The normalized spacial score (nSPS) is 9.91. The summed E-state index contributed by atoms with van der Waals surface area (Å²) in [6.07, 6.45) is 3.43. The number of hydrogen-bond donors (Lipinski definition) is 1. The van der Waals surface area contributed by atoms with E-state index >= 15 is 0 Å². The highest BCUT2D eigenvalue weighted by molar-refractivity contribution is 5.24. The minimum atomic E-state index is 0.515. The fraction of sp³-hybridized carbons (Fsp3) is 0.375. The summed E-state index contributed by atoms with van der Waals surface area (Å²) in [6, 6.07) is 3.52. The van der Waals surface area contributed by atoms with Gasteiger partial charge < -0.3 is 10.8 Å². The van der Waals surface area contributed by atoms with Crippen molar-refractivity contribution in [2.75, 3.05) is 6.54 Å². The molecule has 1 heterocycles. The Morgan fingerprint density at radius 1 is 1.55 bits per heavy atom. The van der Waals surface area contributed by atoms with E-state index in [1.165, 1.54) is 0 Å². The summed E-state index contributed by atoms with van der Waals surface area (Å²) in [6.45, 7) is 0.663. The molecule has 0 spiro atoms. The minimum absolute atomic E-state index is 0.515. The van der Waals surface area contributed by atoms with Crippen LogP contribution < -0.4 is 5.73 Å². The van der Waals surface area contributed by atoms with E-state index < -0.39 is 0 Å². The second-order valence-electron chi connectivity index (χ2n) is 2.39. The summed E-state index contributed by atoms with van der Waals surface area (Å²) in [7, 11) is 0. The van der Waals surface area contributed by atoms with Crippen molar-refractivity contribution >= 4 is 0 Å². The van der Waals surface area contributed by atoms with Crippen LogP contribution in [0.25, 0.3) is 0 Å². The van der Waals surface area contributed by atoms with E-state index in [0.717, 1.165) is 18.5 Å². The van der Waals surface area contributed by atoms with Crippen LogP contribution >= 0.6 is 0 Å². The number of nitrogens with two attached hydrogens (primary N) is 1. The molecular weight excluding hydrogens is 140 g/mol. The Morgan fingerprint density at radius 2 is 2.36 bits per heavy atom. The monoisotopic (exact) mass is 153 g/mol. The molecule has 1 aromatic rings. The quantitative estimate of drug-likeness (QED) is 0.639.